The molecular weight excluding hydrogens is 412 g/mol. The zero-order valence-electron chi connectivity index (χ0n) is 18.1. The predicted molar refractivity (Wildman–Crippen MR) is 122 cm³/mol. The number of carbonyl (C=O) groups excluding carboxylic acids is 2. The summed E-state index contributed by atoms with van der Waals surface area (Å²) in [5.41, 5.74) is 3.54. The molecule has 0 spiro atoms. The third kappa shape index (κ3) is 5.95. The molecule has 0 bridgehead atoms. The van der Waals surface area contributed by atoms with Crippen molar-refractivity contribution in [3.8, 4) is 5.75 Å². The van der Waals surface area contributed by atoms with Crippen LogP contribution in [0.15, 0.2) is 47.6 Å². The van der Waals surface area contributed by atoms with Crippen molar-refractivity contribution in [2.45, 2.75) is 46.0 Å². The molecule has 0 fully saturated rings. The summed E-state index contributed by atoms with van der Waals surface area (Å²) >= 11 is 1.31. The fourth-order valence-corrected chi connectivity index (χ4v) is 3.77. The van der Waals surface area contributed by atoms with Crippen molar-refractivity contribution in [3.63, 3.8) is 0 Å². The topological polar surface area (TPSA) is 86.1 Å². The van der Waals surface area contributed by atoms with Gasteiger partial charge in [0.1, 0.15) is 12.4 Å². The average molecular weight is 439 g/mol. The molecule has 31 heavy (non-hydrogen) atoms. The van der Waals surface area contributed by atoms with E-state index in [4.69, 9.17) is 4.74 Å². The Morgan fingerprint density at radius 2 is 1.90 bits per heavy atom. The van der Waals surface area contributed by atoms with Gasteiger partial charge in [-0.15, -0.1) is 10.2 Å². The molecule has 2 aromatic carbocycles. The summed E-state index contributed by atoms with van der Waals surface area (Å²) in [7, 11) is 0. The van der Waals surface area contributed by atoms with E-state index in [9.17, 15) is 9.59 Å². The van der Waals surface area contributed by atoms with Crippen LogP contribution in [-0.2, 0) is 17.9 Å². The first-order valence-electron chi connectivity index (χ1n) is 10.0. The van der Waals surface area contributed by atoms with Crippen molar-refractivity contribution in [2.75, 3.05) is 11.1 Å². The lowest BCUT2D eigenvalue weighted by Crippen LogP contribution is -2.15. The zero-order chi connectivity index (χ0) is 22.4. The lowest BCUT2D eigenvalue weighted by molar-refractivity contribution is -0.113. The number of ketones is 1. The number of amides is 1. The second-order valence-electron chi connectivity index (χ2n) is 7.15. The standard InChI is InChI=1S/C23H26N4O3S/c1-5-27-21(13-30-20-10-9-15(2)16(3)11-20)25-26-23(27)31-14-22(29)24-19-8-6-7-18(12-19)17(4)28/h6-12H,5,13-14H2,1-4H3,(H,24,29). The van der Waals surface area contributed by atoms with E-state index in [0.29, 0.717) is 35.4 Å². The monoisotopic (exact) mass is 438 g/mol. The number of aromatic nitrogens is 3. The first-order chi connectivity index (χ1) is 14.9. The largest absolute Gasteiger partial charge is 0.486 e. The highest BCUT2D eigenvalue weighted by Gasteiger charge is 2.14. The van der Waals surface area contributed by atoms with Gasteiger partial charge in [0, 0.05) is 17.8 Å². The van der Waals surface area contributed by atoms with Crippen molar-refractivity contribution < 1.29 is 14.3 Å². The number of ether oxygens (including phenoxy) is 1. The number of carbonyl (C=O) groups is 2. The Morgan fingerprint density at radius 3 is 2.61 bits per heavy atom. The molecule has 0 aliphatic heterocycles. The van der Waals surface area contributed by atoms with Crippen molar-refractivity contribution in [1.29, 1.82) is 0 Å². The van der Waals surface area contributed by atoms with Crippen LogP contribution in [0.5, 0.6) is 5.75 Å². The van der Waals surface area contributed by atoms with Gasteiger partial charge in [0.15, 0.2) is 16.8 Å². The molecular formula is C23H26N4O3S. The summed E-state index contributed by atoms with van der Waals surface area (Å²) in [5, 5.41) is 11.9. The summed E-state index contributed by atoms with van der Waals surface area (Å²) in [4.78, 5) is 23.8. The lowest BCUT2D eigenvalue weighted by Gasteiger charge is -2.10. The minimum absolute atomic E-state index is 0.0444. The number of benzene rings is 2. The van der Waals surface area contributed by atoms with Gasteiger partial charge in [-0.2, -0.15) is 0 Å². The maximum atomic E-state index is 12.3. The maximum absolute atomic E-state index is 12.3. The van der Waals surface area contributed by atoms with E-state index in [2.05, 4.69) is 22.4 Å². The zero-order valence-corrected chi connectivity index (χ0v) is 19.0. The molecule has 0 aliphatic rings. The third-order valence-corrected chi connectivity index (χ3v) is 5.81. The Kier molecular flexibility index (Phi) is 7.46. The second kappa shape index (κ2) is 10.3. The Hall–Kier alpha value is -3.13. The van der Waals surface area contributed by atoms with Gasteiger partial charge in [0.05, 0.1) is 5.75 Å². The molecule has 8 heteroatoms. The number of hydrogen-bond acceptors (Lipinski definition) is 6. The molecule has 0 saturated carbocycles. The first-order valence-corrected chi connectivity index (χ1v) is 11.0. The first kappa shape index (κ1) is 22.6. The van der Waals surface area contributed by atoms with Gasteiger partial charge in [0.25, 0.3) is 0 Å². The van der Waals surface area contributed by atoms with Crippen molar-refractivity contribution >= 4 is 29.1 Å². The maximum Gasteiger partial charge on any atom is 0.234 e. The number of aryl methyl sites for hydroxylation is 2. The van der Waals surface area contributed by atoms with Crippen LogP contribution < -0.4 is 10.1 Å². The molecule has 0 radical (unpaired) electrons. The minimum atomic E-state index is -0.177. The number of nitrogens with one attached hydrogen (secondary N) is 1. The molecule has 3 aromatic rings. The molecule has 0 aliphatic carbocycles. The second-order valence-corrected chi connectivity index (χ2v) is 8.09. The summed E-state index contributed by atoms with van der Waals surface area (Å²) in [6, 6.07) is 12.9. The van der Waals surface area contributed by atoms with E-state index in [1.165, 1.54) is 29.8 Å². The highest BCUT2D eigenvalue weighted by Crippen LogP contribution is 2.21. The molecule has 3 rings (SSSR count). The minimum Gasteiger partial charge on any atom is -0.486 e. The van der Waals surface area contributed by atoms with E-state index in [1.54, 1.807) is 24.3 Å². The molecule has 162 valence electrons. The quantitative estimate of drug-likeness (QED) is 0.393. The number of hydrogen-bond donors (Lipinski definition) is 1. The molecule has 1 amide bonds. The number of anilines is 1. The van der Waals surface area contributed by atoms with E-state index >= 15 is 0 Å². The van der Waals surface area contributed by atoms with Gasteiger partial charge in [-0.3, -0.25) is 9.59 Å². The van der Waals surface area contributed by atoms with Crippen LogP contribution in [0.2, 0.25) is 0 Å². The SMILES string of the molecule is CCn1c(COc2ccc(C)c(C)c2)nnc1SCC(=O)Nc1cccc(C(C)=O)c1. The predicted octanol–water partition coefficient (Wildman–Crippen LogP) is 4.43. The van der Waals surface area contributed by atoms with E-state index in [-0.39, 0.29) is 17.4 Å². The Labute approximate surface area is 186 Å². The lowest BCUT2D eigenvalue weighted by atomic mass is 10.1. The summed E-state index contributed by atoms with van der Waals surface area (Å²) in [6.45, 7) is 8.58. The average Bonchev–Trinajstić information content (AvgIpc) is 3.15. The number of thioether (sulfide) groups is 1. The molecule has 1 N–H and O–H groups in total. The molecule has 0 saturated heterocycles. The number of nitrogens with zero attached hydrogens (tertiary/aromatic N) is 3. The van der Waals surface area contributed by atoms with Crippen LogP contribution in [0.25, 0.3) is 0 Å². The fourth-order valence-electron chi connectivity index (χ4n) is 2.94. The number of Topliss-reactive ketones (excluding diaryl/α,β-unsaturated/α-hetero) is 1. The van der Waals surface area contributed by atoms with Crippen LogP contribution in [-0.4, -0.2) is 32.2 Å². The Morgan fingerprint density at radius 1 is 1.10 bits per heavy atom. The van der Waals surface area contributed by atoms with Gasteiger partial charge in [-0.25, -0.2) is 0 Å². The Balaban J connectivity index is 1.58. The van der Waals surface area contributed by atoms with Crippen LogP contribution >= 0.6 is 11.8 Å². The van der Waals surface area contributed by atoms with Crippen LogP contribution in [0.1, 0.15) is 41.2 Å². The van der Waals surface area contributed by atoms with Gasteiger partial charge < -0.3 is 14.6 Å². The summed E-state index contributed by atoms with van der Waals surface area (Å²) < 4.78 is 7.82. The number of rotatable bonds is 9. The van der Waals surface area contributed by atoms with Crippen molar-refractivity contribution in [2.24, 2.45) is 0 Å². The highest BCUT2D eigenvalue weighted by molar-refractivity contribution is 7.99. The normalized spacial score (nSPS) is 10.7. The summed E-state index contributed by atoms with van der Waals surface area (Å²) in [6.07, 6.45) is 0. The Bertz CT molecular complexity index is 1090. The molecule has 0 unspecified atom stereocenters. The molecule has 0 atom stereocenters. The van der Waals surface area contributed by atoms with E-state index < -0.39 is 0 Å². The van der Waals surface area contributed by atoms with Crippen LogP contribution in [0, 0.1) is 13.8 Å². The van der Waals surface area contributed by atoms with Gasteiger partial charge in [-0.05, 0) is 63.1 Å². The third-order valence-electron chi connectivity index (χ3n) is 4.84. The van der Waals surface area contributed by atoms with Crippen molar-refractivity contribution in [3.05, 3.63) is 65.0 Å². The van der Waals surface area contributed by atoms with Gasteiger partial charge in [0.2, 0.25) is 5.91 Å². The highest BCUT2D eigenvalue weighted by atomic mass is 32.2. The smallest absolute Gasteiger partial charge is 0.234 e. The van der Waals surface area contributed by atoms with E-state index in [1.807, 2.05) is 36.6 Å². The van der Waals surface area contributed by atoms with Crippen LogP contribution in [0.3, 0.4) is 0 Å². The summed E-state index contributed by atoms with van der Waals surface area (Å²) in [5.74, 6) is 1.45. The van der Waals surface area contributed by atoms with Crippen LogP contribution in [0.4, 0.5) is 5.69 Å². The van der Waals surface area contributed by atoms with Gasteiger partial charge >= 0.3 is 0 Å². The fraction of sp³-hybridized carbons (Fsp3) is 0.304. The molecule has 1 heterocycles. The van der Waals surface area contributed by atoms with E-state index in [0.717, 1.165) is 5.75 Å². The van der Waals surface area contributed by atoms with Crippen molar-refractivity contribution in [1.82, 2.24) is 14.8 Å². The molecule has 7 nitrogen and oxygen atoms in total. The molecule has 1 aromatic heterocycles. The van der Waals surface area contributed by atoms with Gasteiger partial charge in [-0.1, -0.05) is 30.0 Å².